The van der Waals surface area contributed by atoms with Gasteiger partial charge in [-0.05, 0) is 53.9 Å². The highest BCUT2D eigenvalue weighted by Gasteiger charge is 2.03. The molecule has 0 aliphatic rings. The third-order valence-electron chi connectivity index (χ3n) is 2.90. The first-order chi connectivity index (χ1) is 9.22. The first kappa shape index (κ1) is 11.8. The highest BCUT2D eigenvalue weighted by atomic mass is 35.5. The molecule has 0 radical (unpaired) electrons. The summed E-state index contributed by atoms with van der Waals surface area (Å²) in [6.45, 7) is 0. The fourth-order valence-corrected chi connectivity index (χ4v) is 2.09. The van der Waals surface area contributed by atoms with Crippen LogP contribution < -0.4 is 11.1 Å². The van der Waals surface area contributed by atoms with E-state index in [2.05, 4.69) is 10.3 Å². The van der Waals surface area contributed by atoms with Gasteiger partial charge in [-0.25, -0.2) is 4.98 Å². The average molecular weight is 270 g/mol. The molecule has 0 amide bonds. The van der Waals surface area contributed by atoms with Crippen LogP contribution in [0.3, 0.4) is 0 Å². The molecule has 2 aromatic carbocycles. The zero-order valence-electron chi connectivity index (χ0n) is 10.1. The van der Waals surface area contributed by atoms with Crippen molar-refractivity contribution in [2.45, 2.75) is 0 Å². The number of hydrogen-bond donors (Lipinski definition) is 2. The maximum absolute atomic E-state index is 5.87. The summed E-state index contributed by atoms with van der Waals surface area (Å²) in [4.78, 5) is 4.37. The number of fused-ring (bicyclic) bond motifs is 1. The van der Waals surface area contributed by atoms with Crippen molar-refractivity contribution in [3.8, 4) is 0 Å². The average Bonchev–Trinajstić information content (AvgIpc) is 2.41. The van der Waals surface area contributed by atoms with Gasteiger partial charge >= 0.3 is 0 Å². The minimum Gasteiger partial charge on any atom is -0.399 e. The first-order valence-corrected chi connectivity index (χ1v) is 6.27. The Hall–Kier alpha value is -2.26. The van der Waals surface area contributed by atoms with Gasteiger partial charge in [-0.2, -0.15) is 0 Å². The number of benzene rings is 2. The molecule has 1 heterocycles. The minimum absolute atomic E-state index is 0.712. The SMILES string of the molecule is Nc1ccc2c(Nc3ccc(Cl)cc3)nccc2c1. The molecule has 19 heavy (non-hydrogen) atoms. The summed E-state index contributed by atoms with van der Waals surface area (Å²) in [5, 5.41) is 6.09. The Kier molecular flexibility index (Phi) is 2.97. The van der Waals surface area contributed by atoms with Gasteiger partial charge < -0.3 is 11.1 Å². The second-order valence-electron chi connectivity index (χ2n) is 4.27. The fourth-order valence-electron chi connectivity index (χ4n) is 1.97. The number of anilines is 3. The van der Waals surface area contributed by atoms with Crippen LogP contribution in [0.4, 0.5) is 17.2 Å². The lowest BCUT2D eigenvalue weighted by Crippen LogP contribution is -1.94. The van der Waals surface area contributed by atoms with E-state index < -0.39 is 0 Å². The summed E-state index contributed by atoms with van der Waals surface area (Å²) in [6.07, 6.45) is 1.76. The highest BCUT2D eigenvalue weighted by Crippen LogP contribution is 2.26. The predicted octanol–water partition coefficient (Wildman–Crippen LogP) is 4.21. The lowest BCUT2D eigenvalue weighted by molar-refractivity contribution is 1.34. The molecular formula is C15H12ClN3. The Balaban J connectivity index is 2.03. The Morgan fingerprint density at radius 2 is 1.79 bits per heavy atom. The Morgan fingerprint density at radius 3 is 2.58 bits per heavy atom. The van der Waals surface area contributed by atoms with E-state index in [4.69, 9.17) is 17.3 Å². The van der Waals surface area contributed by atoms with Gasteiger partial charge in [0.1, 0.15) is 5.82 Å². The molecule has 0 saturated carbocycles. The molecule has 0 unspecified atom stereocenters. The van der Waals surface area contributed by atoms with Crippen molar-refractivity contribution < 1.29 is 0 Å². The maximum atomic E-state index is 5.87. The topological polar surface area (TPSA) is 50.9 Å². The van der Waals surface area contributed by atoms with Crippen molar-refractivity contribution in [3.05, 3.63) is 59.8 Å². The number of hydrogen-bond acceptors (Lipinski definition) is 3. The number of nitrogens with two attached hydrogens (primary N) is 1. The van der Waals surface area contributed by atoms with E-state index in [0.717, 1.165) is 28.0 Å². The largest absolute Gasteiger partial charge is 0.399 e. The van der Waals surface area contributed by atoms with Crippen molar-refractivity contribution in [1.82, 2.24) is 4.98 Å². The summed E-state index contributed by atoms with van der Waals surface area (Å²) in [6, 6.07) is 15.2. The van der Waals surface area contributed by atoms with Crippen molar-refractivity contribution >= 4 is 39.6 Å². The van der Waals surface area contributed by atoms with Gasteiger partial charge in [-0.3, -0.25) is 0 Å². The van der Waals surface area contributed by atoms with Crippen LogP contribution in [0.5, 0.6) is 0 Å². The number of rotatable bonds is 2. The third-order valence-corrected chi connectivity index (χ3v) is 3.15. The normalized spacial score (nSPS) is 10.6. The molecule has 0 saturated heterocycles. The van der Waals surface area contributed by atoms with E-state index in [1.54, 1.807) is 6.20 Å². The summed E-state index contributed by atoms with van der Waals surface area (Å²) in [7, 11) is 0. The van der Waals surface area contributed by atoms with Crippen LogP contribution in [0.2, 0.25) is 5.02 Å². The van der Waals surface area contributed by atoms with Gasteiger partial charge in [0.2, 0.25) is 0 Å². The van der Waals surface area contributed by atoms with Gasteiger partial charge in [0.05, 0.1) is 0 Å². The third kappa shape index (κ3) is 2.46. The number of nitrogens with zero attached hydrogens (tertiary/aromatic N) is 1. The molecule has 0 aliphatic heterocycles. The quantitative estimate of drug-likeness (QED) is 0.685. The van der Waals surface area contributed by atoms with Crippen molar-refractivity contribution in [1.29, 1.82) is 0 Å². The molecule has 3 rings (SSSR count). The van der Waals surface area contributed by atoms with E-state index >= 15 is 0 Å². The summed E-state index contributed by atoms with van der Waals surface area (Å²) in [5.74, 6) is 0.805. The lowest BCUT2D eigenvalue weighted by atomic mass is 10.1. The molecular weight excluding hydrogens is 258 g/mol. The number of halogens is 1. The van der Waals surface area contributed by atoms with Crippen LogP contribution >= 0.6 is 11.6 Å². The molecule has 0 aliphatic carbocycles. The van der Waals surface area contributed by atoms with Crippen molar-refractivity contribution in [2.24, 2.45) is 0 Å². The van der Waals surface area contributed by atoms with Gasteiger partial charge in [-0.15, -0.1) is 0 Å². The molecule has 4 heteroatoms. The number of nitrogens with one attached hydrogen (secondary N) is 1. The van der Waals surface area contributed by atoms with Crippen molar-refractivity contribution in [3.63, 3.8) is 0 Å². The van der Waals surface area contributed by atoms with Crippen LogP contribution in [-0.2, 0) is 0 Å². The first-order valence-electron chi connectivity index (χ1n) is 5.89. The number of pyridine rings is 1. The molecule has 0 fully saturated rings. The van der Waals surface area contributed by atoms with E-state index in [0.29, 0.717) is 5.02 Å². The zero-order valence-corrected chi connectivity index (χ0v) is 10.9. The zero-order chi connectivity index (χ0) is 13.2. The van der Waals surface area contributed by atoms with Crippen LogP contribution in [0.25, 0.3) is 10.8 Å². The van der Waals surface area contributed by atoms with Crippen molar-refractivity contribution in [2.75, 3.05) is 11.1 Å². The molecule has 3 aromatic rings. The van der Waals surface area contributed by atoms with Crippen LogP contribution in [0, 0.1) is 0 Å². The summed E-state index contributed by atoms with van der Waals surface area (Å²) in [5.41, 5.74) is 7.48. The molecule has 3 N–H and O–H groups in total. The van der Waals surface area contributed by atoms with E-state index in [-0.39, 0.29) is 0 Å². The molecule has 0 atom stereocenters. The second kappa shape index (κ2) is 4.78. The lowest BCUT2D eigenvalue weighted by Gasteiger charge is -2.09. The molecule has 94 valence electrons. The van der Waals surface area contributed by atoms with Crippen LogP contribution in [-0.4, -0.2) is 4.98 Å². The number of nitrogen functional groups attached to an aromatic ring is 1. The van der Waals surface area contributed by atoms with E-state index in [9.17, 15) is 0 Å². The van der Waals surface area contributed by atoms with Gasteiger partial charge in [-0.1, -0.05) is 11.6 Å². The summed E-state index contributed by atoms with van der Waals surface area (Å²) >= 11 is 5.87. The smallest absolute Gasteiger partial charge is 0.138 e. The van der Waals surface area contributed by atoms with E-state index in [1.807, 2.05) is 48.5 Å². The standard InChI is InChI=1S/C15H12ClN3/c16-11-1-4-13(5-2-11)19-15-14-6-3-12(17)9-10(14)7-8-18-15/h1-9H,17H2,(H,18,19). The van der Waals surface area contributed by atoms with E-state index in [1.165, 1.54) is 0 Å². The van der Waals surface area contributed by atoms with Gasteiger partial charge in [0.15, 0.2) is 0 Å². The molecule has 1 aromatic heterocycles. The molecule has 0 spiro atoms. The number of aromatic nitrogens is 1. The van der Waals surface area contributed by atoms with Gasteiger partial charge in [0, 0.05) is 28.0 Å². The molecule has 3 nitrogen and oxygen atoms in total. The molecule has 0 bridgehead atoms. The Morgan fingerprint density at radius 1 is 1.00 bits per heavy atom. The summed E-state index contributed by atoms with van der Waals surface area (Å²) < 4.78 is 0. The predicted molar refractivity (Wildman–Crippen MR) is 80.9 cm³/mol. The van der Waals surface area contributed by atoms with Crippen LogP contribution in [0.15, 0.2) is 54.7 Å². The maximum Gasteiger partial charge on any atom is 0.138 e. The Labute approximate surface area is 116 Å². The second-order valence-corrected chi connectivity index (χ2v) is 4.71. The monoisotopic (exact) mass is 269 g/mol. The van der Waals surface area contributed by atoms with Gasteiger partial charge in [0.25, 0.3) is 0 Å². The Bertz CT molecular complexity index is 723. The van der Waals surface area contributed by atoms with Crippen LogP contribution in [0.1, 0.15) is 0 Å². The minimum atomic E-state index is 0.712. The highest BCUT2D eigenvalue weighted by molar-refractivity contribution is 6.30. The fraction of sp³-hybridized carbons (Fsp3) is 0.